The van der Waals surface area contributed by atoms with Crippen molar-refractivity contribution in [3.8, 4) is 46.0 Å². The van der Waals surface area contributed by atoms with Crippen LogP contribution in [-0.2, 0) is 45.4 Å². The van der Waals surface area contributed by atoms with Gasteiger partial charge in [-0.2, -0.15) is 0 Å². The Hall–Kier alpha value is -10.8. The Morgan fingerprint density at radius 1 is 0.327 bits per heavy atom. The highest BCUT2D eigenvalue weighted by molar-refractivity contribution is 5.91. The summed E-state index contributed by atoms with van der Waals surface area (Å²) in [6, 6.07) is 38.6. The Morgan fingerprint density at radius 3 is 0.673 bits per heavy atom. The number of carbonyl (C=O) groups is 4. The van der Waals surface area contributed by atoms with Gasteiger partial charge in [-0.05, 0) is 171 Å². The number of rotatable bonds is 16. The van der Waals surface area contributed by atoms with Crippen LogP contribution in [-0.4, -0.2) is 71.0 Å². The van der Waals surface area contributed by atoms with Gasteiger partial charge >= 0.3 is 0 Å². The molecule has 0 aromatic heterocycles. The SMILES string of the molecule is CC(=O)Nc1ccc(N2COc3c4cc(c(O)c3C2)C(CC(C)C)c2cc(c(O)c3c2OCN(c2ccc(NC(C)=O)cc2)C3)C(CC(C)C)c2cc(c(O)c3c2OCN(c2ccc(NC(C)=O)cc2)C3)C(CC(C)C)c2cc(c(O)c3c2OCN(c2ccc(NC(C)=O)cc2)C3)C4CC(C)C)cc1. The summed E-state index contributed by atoms with van der Waals surface area (Å²) in [5.74, 6) is -0.985. The first kappa shape index (κ1) is 71.6. The van der Waals surface area contributed by atoms with E-state index < -0.39 is 23.7 Å². The molecule has 8 bridgehead atoms. The fourth-order valence-corrected chi connectivity index (χ4v) is 16.0. The Balaban J connectivity index is 1.12. The topological polar surface area (TPSA) is 247 Å². The molecule has 0 saturated carbocycles. The molecule has 544 valence electrons. The molecule has 20 heteroatoms. The molecule has 13 rings (SSSR count). The second-order valence-electron chi connectivity index (χ2n) is 30.4. The molecule has 4 heterocycles. The molecular weight excluding hydrogens is 1310 g/mol. The first-order valence-corrected chi connectivity index (χ1v) is 36.3. The third-order valence-electron chi connectivity index (χ3n) is 20.5. The average Bonchev–Trinajstić information content (AvgIpc) is 0.729. The molecule has 4 atom stereocenters. The summed E-state index contributed by atoms with van der Waals surface area (Å²) in [5, 5.41) is 66.8. The lowest BCUT2D eigenvalue weighted by Crippen LogP contribution is -2.34. The van der Waals surface area contributed by atoms with Gasteiger partial charge in [0, 0.05) is 141 Å². The van der Waals surface area contributed by atoms with Gasteiger partial charge in [-0.15, -0.1) is 0 Å². The Bertz CT molecular complexity index is 4010. The number of hydrogen-bond donors (Lipinski definition) is 8. The number of ether oxygens (including phenoxy) is 4. The van der Waals surface area contributed by atoms with Crippen LogP contribution in [0.15, 0.2) is 121 Å². The molecular formula is C84H96N8O12. The summed E-state index contributed by atoms with van der Waals surface area (Å²) < 4.78 is 28.7. The number of carbonyl (C=O) groups excluding carboxylic acids is 4. The lowest BCUT2D eigenvalue weighted by atomic mass is 9.73. The lowest BCUT2D eigenvalue weighted by molar-refractivity contribution is -0.115. The first-order valence-electron chi connectivity index (χ1n) is 36.3. The van der Waals surface area contributed by atoms with Crippen LogP contribution in [0.2, 0.25) is 0 Å². The minimum Gasteiger partial charge on any atom is -0.507 e. The highest BCUT2D eigenvalue weighted by Crippen LogP contribution is 2.59. The number of benzene rings is 8. The molecule has 0 saturated heterocycles. The van der Waals surface area contributed by atoms with E-state index in [0.717, 1.165) is 45.0 Å². The standard InChI is InChI=1S/C84H96N8O12/c1-45(2)29-61-65-33-70(82-73(77(65)97)37-89(42-102-82)57-21-13-53(14-22-57)85-49(9)93)63(31-47(5)6)67-35-72(84-75(79(67)99)39-91(44-104-84)59-25-17-55(18-26-59)87-51(11)95)64(32-48(7)8)68-36-71(83-76(80(68)100)40-92(43-103-83)60-27-19-56(20-28-60)88-52(12)96)62(30-46(3)4)66-34-69(61)81-74(78(66)98)38-90(41-101-81)58-23-15-54(16-24-58)86-50(10)94/h13-28,33-36,45-48,61-64,97-100H,29-32,37-44H2,1-12H3,(H,85,93)(H,86,94)(H,87,95)(H,88,96). The van der Waals surface area contributed by atoms with E-state index in [-0.39, 0.29) is 123 Å². The van der Waals surface area contributed by atoms with E-state index >= 15 is 0 Å². The Labute approximate surface area is 608 Å². The molecule has 8 aromatic rings. The van der Waals surface area contributed by atoms with Crippen molar-refractivity contribution in [1.82, 2.24) is 0 Å². The number of anilines is 8. The van der Waals surface area contributed by atoms with Gasteiger partial charge in [0.1, 0.15) is 46.0 Å². The number of hydrogen-bond acceptors (Lipinski definition) is 16. The van der Waals surface area contributed by atoms with Crippen molar-refractivity contribution in [2.75, 3.05) is 67.8 Å². The van der Waals surface area contributed by atoms with E-state index in [1.165, 1.54) is 27.7 Å². The third kappa shape index (κ3) is 14.6. The normalized spacial score (nSPS) is 17.4. The maximum absolute atomic E-state index is 13.8. The molecule has 20 nitrogen and oxygen atoms in total. The average molecular weight is 1410 g/mol. The van der Waals surface area contributed by atoms with Crippen LogP contribution in [0.1, 0.15) is 199 Å². The molecule has 4 aliphatic heterocycles. The predicted molar refractivity (Wildman–Crippen MR) is 407 cm³/mol. The number of aromatic hydroxyl groups is 4. The monoisotopic (exact) mass is 1410 g/mol. The quantitative estimate of drug-likeness (QED) is 0.0448. The van der Waals surface area contributed by atoms with Crippen LogP contribution in [0, 0.1) is 23.7 Å². The molecule has 0 spiro atoms. The maximum atomic E-state index is 13.8. The van der Waals surface area contributed by atoms with Gasteiger partial charge < -0.3 is 80.2 Å². The van der Waals surface area contributed by atoms with Crippen molar-refractivity contribution < 1.29 is 58.6 Å². The van der Waals surface area contributed by atoms with E-state index in [1.54, 1.807) is 0 Å². The van der Waals surface area contributed by atoms with Crippen LogP contribution in [0.5, 0.6) is 46.0 Å². The van der Waals surface area contributed by atoms with Crippen LogP contribution in [0.25, 0.3) is 0 Å². The van der Waals surface area contributed by atoms with E-state index in [1.807, 2.05) is 97.1 Å². The number of amides is 4. The molecule has 4 amide bonds. The second-order valence-corrected chi connectivity index (χ2v) is 30.4. The van der Waals surface area contributed by atoms with E-state index in [0.29, 0.717) is 116 Å². The van der Waals surface area contributed by atoms with Crippen molar-refractivity contribution in [2.45, 2.75) is 159 Å². The summed E-state index contributed by atoms with van der Waals surface area (Å²) in [6.45, 7) is 24.5. The highest BCUT2D eigenvalue weighted by atomic mass is 16.5. The summed E-state index contributed by atoms with van der Waals surface area (Å²) in [5.41, 5.74) is 13.4. The van der Waals surface area contributed by atoms with Crippen molar-refractivity contribution in [3.63, 3.8) is 0 Å². The van der Waals surface area contributed by atoms with Crippen molar-refractivity contribution in [3.05, 3.63) is 188 Å². The molecule has 8 aromatic carbocycles. The van der Waals surface area contributed by atoms with Crippen molar-refractivity contribution in [2.24, 2.45) is 23.7 Å². The van der Waals surface area contributed by atoms with Gasteiger partial charge in [0.2, 0.25) is 23.6 Å². The zero-order valence-electron chi connectivity index (χ0n) is 61.5. The van der Waals surface area contributed by atoms with Gasteiger partial charge in [-0.3, -0.25) is 19.2 Å². The number of fused-ring (bicyclic) bond motifs is 16. The second kappa shape index (κ2) is 29.5. The van der Waals surface area contributed by atoms with Gasteiger partial charge in [0.05, 0.1) is 48.4 Å². The fraction of sp³-hybridized carbons (Fsp3) is 0.381. The fourth-order valence-electron chi connectivity index (χ4n) is 16.0. The van der Waals surface area contributed by atoms with Gasteiger partial charge in [0.15, 0.2) is 26.9 Å². The van der Waals surface area contributed by atoms with Crippen LogP contribution >= 0.6 is 0 Å². The molecule has 0 radical (unpaired) electrons. The molecule has 5 aliphatic rings. The summed E-state index contributed by atoms with van der Waals surface area (Å²) in [7, 11) is 0. The number of phenolic OH excluding ortho intramolecular Hbond substituents is 4. The van der Waals surface area contributed by atoms with Crippen molar-refractivity contribution in [1.29, 1.82) is 0 Å². The van der Waals surface area contributed by atoms with Gasteiger partial charge in [-0.1, -0.05) is 55.4 Å². The first-order chi connectivity index (χ1) is 49.7. The summed E-state index contributed by atoms with van der Waals surface area (Å²) >= 11 is 0. The molecule has 0 fully saturated rings. The molecule has 8 N–H and O–H groups in total. The third-order valence-corrected chi connectivity index (χ3v) is 20.5. The molecule has 104 heavy (non-hydrogen) atoms. The zero-order chi connectivity index (χ0) is 73.7. The minimum absolute atomic E-state index is 0.0201. The Kier molecular flexibility index (Phi) is 20.3. The lowest BCUT2D eigenvalue weighted by Gasteiger charge is -2.39. The largest absolute Gasteiger partial charge is 0.507 e. The van der Waals surface area contributed by atoms with E-state index in [4.69, 9.17) is 18.9 Å². The van der Waals surface area contributed by atoms with Gasteiger partial charge in [-0.25, -0.2) is 0 Å². The molecule has 4 unspecified atom stereocenters. The predicted octanol–water partition coefficient (Wildman–Crippen LogP) is 16.8. The minimum atomic E-state index is -0.608. The van der Waals surface area contributed by atoms with Crippen LogP contribution in [0.3, 0.4) is 0 Å². The zero-order valence-corrected chi connectivity index (χ0v) is 61.5. The molecule has 1 aliphatic carbocycles. The smallest absolute Gasteiger partial charge is 0.221 e. The van der Waals surface area contributed by atoms with Crippen molar-refractivity contribution >= 4 is 69.1 Å². The van der Waals surface area contributed by atoms with Gasteiger partial charge in [0.25, 0.3) is 0 Å². The number of nitrogens with zero attached hydrogens (tertiary/aromatic N) is 4. The van der Waals surface area contributed by atoms with Crippen LogP contribution in [0.4, 0.5) is 45.5 Å². The Morgan fingerprint density at radius 2 is 0.510 bits per heavy atom. The number of phenols is 4. The summed E-state index contributed by atoms with van der Waals surface area (Å²) in [6.07, 6.45) is 2.03. The highest BCUT2D eigenvalue weighted by Gasteiger charge is 2.42. The number of nitrogens with one attached hydrogen (secondary N) is 4. The summed E-state index contributed by atoms with van der Waals surface area (Å²) in [4.78, 5) is 57.1. The van der Waals surface area contributed by atoms with E-state index in [2.05, 4.69) is 121 Å². The van der Waals surface area contributed by atoms with Crippen LogP contribution < -0.4 is 59.8 Å². The van der Waals surface area contributed by atoms with E-state index in [9.17, 15) is 39.6 Å². The maximum Gasteiger partial charge on any atom is 0.221 e.